The van der Waals surface area contributed by atoms with Gasteiger partial charge in [-0.05, 0) is 56.1 Å². The zero-order chi connectivity index (χ0) is 11.4. The Labute approximate surface area is 102 Å². The number of hydrogen-bond donors (Lipinski definition) is 1. The Morgan fingerprint density at radius 2 is 2.19 bits per heavy atom. The summed E-state index contributed by atoms with van der Waals surface area (Å²) < 4.78 is 0. The van der Waals surface area contributed by atoms with Gasteiger partial charge in [0.15, 0.2) is 0 Å². The molecule has 88 valence electrons. The summed E-state index contributed by atoms with van der Waals surface area (Å²) in [5, 5.41) is 0.578. The van der Waals surface area contributed by atoms with Gasteiger partial charge in [0, 0.05) is 12.7 Å². The summed E-state index contributed by atoms with van der Waals surface area (Å²) in [6.07, 6.45) is 4.20. The number of nitrogens with two attached hydrogens (primary N) is 1. The van der Waals surface area contributed by atoms with Crippen LogP contribution >= 0.6 is 11.6 Å². The van der Waals surface area contributed by atoms with E-state index in [2.05, 4.69) is 9.88 Å². The van der Waals surface area contributed by atoms with E-state index < -0.39 is 0 Å². The van der Waals surface area contributed by atoms with E-state index in [0.29, 0.717) is 5.15 Å². The summed E-state index contributed by atoms with van der Waals surface area (Å²) in [5.74, 6) is 0.720. The molecule has 2 N–H and O–H groups in total. The lowest BCUT2D eigenvalue weighted by atomic mass is 9.97. The lowest BCUT2D eigenvalue weighted by Gasteiger charge is -2.31. The van der Waals surface area contributed by atoms with Crippen molar-refractivity contribution < 1.29 is 0 Å². The second-order valence-electron chi connectivity index (χ2n) is 4.44. The molecule has 0 radical (unpaired) electrons. The van der Waals surface area contributed by atoms with Crippen LogP contribution in [-0.4, -0.2) is 29.5 Å². The molecule has 1 fully saturated rings. The molecule has 0 spiro atoms. The van der Waals surface area contributed by atoms with Crippen LogP contribution in [0.1, 0.15) is 18.4 Å². The van der Waals surface area contributed by atoms with Crippen molar-refractivity contribution in [3.05, 3.63) is 29.0 Å². The Kier molecular flexibility index (Phi) is 4.16. The van der Waals surface area contributed by atoms with Crippen LogP contribution in [0.3, 0.4) is 0 Å². The normalized spacial score (nSPS) is 18.9. The molecule has 2 rings (SSSR count). The van der Waals surface area contributed by atoms with Gasteiger partial charge < -0.3 is 5.73 Å². The highest BCUT2D eigenvalue weighted by atomic mass is 35.5. The quantitative estimate of drug-likeness (QED) is 0.820. The summed E-state index contributed by atoms with van der Waals surface area (Å²) in [6, 6.07) is 3.97. The topological polar surface area (TPSA) is 42.1 Å². The molecule has 1 aromatic rings. The van der Waals surface area contributed by atoms with Gasteiger partial charge in [0.05, 0.1) is 0 Å². The largest absolute Gasteiger partial charge is 0.330 e. The van der Waals surface area contributed by atoms with Crippen LogP contribution in [-0.2, 0) is 6.54 Å². The number of pyridine rings is 1. The number of rotatable bonds is 3. The fourth-order valence-corrected chi connectivity index (χ4v) is 2.38. The van der Waals surface area contributed by atoms with E-state index in [0.717, 1.165) is 32.1 Å². The first-order valence-electron chi connectivity index (χ1n) is 5.81. The van der Waals surface area contributed by atoms with Crippen molar-refractivity contribution in [1.29, 1.82) is 0 Å². The van der Waals surface area contributed by atoms with Crippen LogP contribution in [0.15, 0.2) is 18.3 Å². The van der Waals surface area contributed by atoms with Crippen molar-refractivity contribution in [3.63, 3.8) is 0 Å². The molecule has 0 aromatic carbocycles. The first kappa shape index (κ1) is 11.8. The molecule has 4 heteroatoms. The van der Waals surface area contributed by atoms with Gasteiger partial charge in [-0.1, -0.05) is 11.6 Å². The first-order chi connectivity index (χ1) is 7.78. The van der Waals surface area contributed by atoms with Gasteiger partial charge >= 0.3 is 0 Å². The zero-order valence-electron chi connectivity index (χ0n) is 9.40. The van der Waals surface area contributed by atoms with Crippen LogP contribution in [0, 0.1) is 5.92 Å². The Hall–Kier alpha value is -0.640. The van der Waals surface area contributed by atoms with Crippen LogP contribution in [0.4, 0.5) is 0 Å². The number of halogens is 1. The lowest BCUT2D eigenvalue weighted by Crippen LogP contribution is -2.35. The number of hydrogen-bond acceptors (Lipinski definition) is 3. The molecule has 16 heavy (non-hydrogen) atoms. The third-order valence-corrected chi connectivity index (χ3v) is 3.44. The third-order valence-electron chi connectivity index (χ3n) is 3.24. The molecule has 0 atom stereocenters. The van der Waals surface area contributed by atoms with E-state index in [-0.39, 0.29) is 0 Å². The van der Waals surface area contributed by atoms with E-state index in [1.807, 2.05) is 12.1 Å². The minimum atomic E-state index is 0.578. The van der Waals surface area contributed by atoms with Crippen LogP contribution < -0.4 is 5.73 Å². The Balaban J connectivity index is 1.87. The molecule has 1 aliphatic heterocycles. The molecular formula is C12H18ClN3. The Morgan fingerprint density at radius 3 is 2.81 bits per heavy atom. The number of piperidine rings is 1. The SMILES string of the molecule is NCC1CCN(Cc2ccnc(Cl)c2)CC1. The van der Waals surface area contributed by atoms with Gasteiger partial charge in [-0.3, -0.25) is 4.90 Å². The first-order valence-corrected chi connectivity index (χ1v) is 6.18. The molecular weight excluding hydrogens is 222 g/mol. The van der Waals surface area contributed by atoms with Crippen molar-refractivity contribution in [3.8, 4) is 0 Å². The molecule has 0 aliphatic carbocycles. The van der Waals surface area contributed by atoms with E-state index in [1.54, 1.807) is 6.20 Å². The summed E-state index contributed by atoms with van der Waals surface area (Å²) in [6.45, 7) is 4.08. The standard InChI is InChI=1S/C12H18ClN3/c13-12-7-11(1-4-15-12)9-16-5-2-10(8-14)3-6-16/h1,4,7,10H,2-3,5-6,8-9,14H2. The van der Waals surface area contributed by atoms with E-state index >= 15 is 0 Å². The van der Waals surface area contributed by atoms with Gasteiger partial charge in [-0.15, -0.1) is 0 Å². The molecule has 1 aromatic heterocycles. The molecule has 0 amide bonds. The van der Waals surface area contributed by atoms with Gasteiger partial charge in [-0.2, -0.15) is 0 Å². The van der Waals surface area contributed by atoms with E-state index in [9.17, 15) is 0 Å². The highest BCUT2D eigenvalue weighted by Crippen LogP contribution is 2.18. The van der Waals surface area contributed by atoms with Crippen molar-refractivity contribution >= 4 is 11.6 Å². The molecule has 0 unspecified atom stereocenters. The van der Waals surface area contributed by atoms with Crippen molar-refractivity contribution in [2.24, 2.45) is 11.7 Å². The monoisotopic (exact) mass is 239 g/mol. The average Bonchev–Trinajstić information content (AvgIpc) is 2.30. The summed E-state index contributed by atoms with van der Waals surface area (Å²) in [5.41, 5.74) is 6.92. The minimum Gasteiger partial charge on any atom is -0.330 e. The Morgan fingerprint density at radius 1 is 1.44 bits per heavy atom. The fourth-order valence-electron chi connectivity index (χ4n) is 2.18. The van der Waals surface area contributed by atoms with Gasteiger partial charge in [0.1, 0.15) is 5.15 Å². The number of nitrogens with zero attached hydrogens (tertiary/aromatic N) is 2. The van der Waals surface area contributed by atoms with Crippen molar-refractivity contribution in [1.82, 2.24) is 9.88 Å². The molecule has 1 saturated heterocycles. The summed E-state index contributed by atoms with van der Waals surface area (Å²) >= 11 is 5.86. The van der Waals surface area contributed by atoms with Crippen LogP contribution in [0.25, 0.3) is 0 Å². The highest BCUT2D eigenvalue weighted by Gasteiger charge is 2.17. The summed E-state index contributed by atoms with van der Waals surface area (Å²) in [4.78, 5) is 6.44. The maximum atomic E-state index is 5.86. The average molecular weight is 240 g/mol. The number of likely N-dealkylation sites (tertiary alicyclic amines) is 1. The third kappa shape index (κ3) is 3.17. The van der Waals surface area contributed by atoms with Crippen molar-refractivity contribution in [2.45, 2.75) is 19.4 Å². The van der Waals surface area contributed by atoms with Crippen LogP contribution in [0.5, 0.6) is 0 Å². The highest BCUT2D eigenvalue weighted by molar-refractivity contribution is 6.29. The van der Waals surface area contributed by atoms with Gasteiger partial charge in [-0.25, -0.2) is 4.98 Å². The predicted octanol–water partition coefficient (Wildman–Crippen LogP) is 1.91. The maximum absolute atomic E-state index is 5.86. The van der Waals surface area contributed by atoms with E-state index in [1.165, 1.54) is 18.4 Å². The van der Waals surface area contributed by atoms with Gasteiger partial charge in [0.25, 0.3) is 0 Å². The molecule has 0 saturated carbocycles. The molecule has 2 heterocycles. The lowest BCUT2D eigenvalue weighted by molar-refractivity contribution is 0.180. The minimum absolute atomic E-state index is 0.578. The fraction of sp³-hybridized carbons (Fsp3) is 0.583. The van der Waals surface area contributed by atoms with Gasteiger partial charge in [0.2, 0.25) is 0 Å². The molecule has 1 aliphatic rings. The second kappa shape index (κ2) is 5.62. The molecule has 0 bridgehead atoms. The Bertz CT molecular complexity index is 335. The summed E-state index contributed by atoms with van der Waals surface area (Å²) in [7, 11) is 0. The number of aromatic nitrogens is 1. The predicted molar refractivity (Wildman–Crippen MR) is 66.3 cm³/mol. The van der Waals surface area contributed by atoms with E-state index in [4.69, 9.17) is 17.3 Å². The zero-order valence-corrected chi connectivity index (χ0v) is 10.2. The van der Waals surface area contributed by atoms with Crippen LogP contribution in [0.2, 0.25) is 5.15 Å². The second-order valence-corrected chi connectivity index (χ2v) is 4.83. The van der Waals surface area contributed by atoms with Crippen molar-refractivity contribution in [2.75, 3.05) is 19.6 Å². The molecule has 3 nitrogen and oxygen atoms in total. The maximum Gasteiger partial charge on any atom is 0.129 e. The smallest absolute Gasteiger partial charge is 0.129 e.